The summed E-state index contributed by atoms with van der Waals surface area (Å²) in [6, 6.07) is 4.12. The van der Waals surface area contributed by atoms with Crippen molar-refractivity contribution in [2.75, 3.05) is 5.73 Å². The Morgan fingerprint density at radius 3 is 2.88 bits per heavy atom. The van der Waals surface area contributed by atoms with Gasteiger partial charge in [0.1, 0.15) is 12.1 Å². The van der Waals surface area contributed by atoms with Gasteiger partial charge in [0.25, 0.3) is 5.91 Å². The van der Waals surface area contributed by atoms with Gasteiger partial charge >= 0.3 is 0 Å². The van der Waals surface area contributed by atoms with Crippen LogP contribution in [0.5, 0.6) is 0 Å². The van der Waals surface area contributed by atoms with E-state index in [9.17, 15) is 9.18 Å². The zero-order valence-corrected chi connectivity index (χ0v) is 9.36. The van der Waals surface area contributed by atoms with Gasteiger partial charge < -0.3 is 5.73 Å². The van der Waals surface area contributed by atoms with Crippen LogP contribution >= 0.6 is 11.6 Å². The smallest absolute Gasteiger partial charge is 0.252 e. The van der Waals surface area contributed by atoms with Crippen molar-refractivity contribution in [2.45, 2.75) is 6.42 Å². The van der Waals surface area contributed by atoms with Crippen LogP contribution in [0.2, 0.25) is 5.02 Å². The quantitative estimate of drug-likeness (QED) is 0.882. The van der Waals surface area contributed by atoms with Gasteiger partial charge in [0.15, 0.2) is 0 Å². The average molecular weight is 255 g/mol. The molecule has 1 heterocycles. The van der Waals surface area contributed by atoms with E-state index in [0.29, 0.717) is 0 Å². The first-order valence-corrected chi connectivity index (χ1v) is 5.08. The lowest BCUT2D eigenvalue weighted by Crippen LogP contribution is -2.15. The van der Waals surface area contributed by atoms with E-state index in [4.69, 9.17) is 17.3 Å². The molecule has 5 nitrogen and oxygen atoms in total. The normalized spacial score (nSPS) is 10.5. The minimum absolute atomic E-state index is 0.00470. The molecular weight excluding hydrogens is 247 g/mol. The van der Waals surface area contributed by atoms with E-state index in [1.807, 2.05) is 0 Å². The van der Waals surface area contributed by atoms with Gasteiger partial charge in [0.2, 0.25) is 5.95 Å². The molecule has 0 aliphatic heterocycles. The van der Waals surface area contributed by atoms with Gasteiger partial charge in [-0.2, -0.15) is 4.68 Å². The fraction of sp³-hybridized carbons (Fsp3) is 0.100. The van der Waals surface area contributed by atoms with Crippen molar-refractivity contribution in [1.29, 1.82) is 0 Å². The summed E-state index contributed by atoms with van der Waals surface area (Å²) in [6.45, 7) is 0. The van der Waals surface area contributed by atoms with Crippen molar-refractivity contribution in [1.82, 2.24) is 14.8 Å². The number of halogens is 2. The molecule has 0 aliphatic rings. The minimum Gasteiger partial charge on any atom is -0.366 e. The van der Waals surface area contributed by atoms with Crippen molar-refractivity contribution < 1.29 is 9.18 Å². The standard InChI is InChI=1S/C10H8ClFN4O/c11-7-2-1-6(8(12)4-7)3-9(17)16-5-14-10(13)15-16/h1-2,4-5H,3H2,(H2,13,15). The number of hydrogen-bond acceptors (Lipinski definition) is 4. The molecule has 1 aromatic heterocycles. The number of carbonyl (C=O) groups excluding carboxylic acids is 1. The van der Waals surface area contributed by atoms with E-state index in [2.05, 4.69) is 10.1 Å². The molecule has 1 aromatic carbocycles. The zero-order chi connectivity index (χ0) is 12.4. The van der Waals surface area contributed by atoms with Gasteiger partial charge in [0, 0.05) is 5.02 Å². The molecule has 0 aliphatic carbocycles. The third-order valence-electron chi connectivity index (χ3n) is 2.12. The molecular formula is C10H8ClFN4O. The average Bonchev–Trinajstić information content (AvgIpc) is 2.69. The first-order valence-electron chi connectivity index (χ1n) is 4.70. The molecule has 0 amide bonds. The van der Waals surface area contributed by atoms with E-state index in [-0.39, 0.29) is 23.0 Å². The third kappa shape index (κ3) is 2.59. The first kappa shape index (κ1) is 11.5. The Hall–Kier alpha value is -1.95. The molecule has 2 N–H and O–H groups in total. The molecule has 0 saturated carbocycles. The van der Waals surface area contributed by atoms with Gasteiger partial charge in [0.05, 0.1) is 6.42 Å². The summed E-state index contributed by atoms with van der Waals surface area (Å²) in [7, 11) is 0. The highest BCUT2D eigenvalue weighted by Crippen LogP contribution is 2.15. The van der Waals surface area contributed by atoms with Gasteiger partial charge in [-0.05, 0) is 17.7 Å². The number of aromatic nitrogens is 3. The molecule has 0 atom stereocenters. The topological polar surface area (TPSA) is 73.8 Å². The minimum atomic E-state index is -0.529. The summed E-state index contributed by atoms with van der Waals surface area (Å²) in [5, 5.41) is 3.92. The molecule has 2 rings (SSSR count). The van der Waals surface area contributed by atoms with Gasteiger partial charge in [-0.1, -0.05) is 17.7 Å². The van der Waals surface area contributed by atoms with Crippen LogP contribution in [0.1, 0.15) is 10.4 Å². The number of anilines is 1. The molecule has 0 unspecified atom stereocenters. The largest absolute Gasteiger partial charge is 0.366 e. The summed E-state index contributed by atoms with van der Waals surface area (Å²) in [5.41, 5.74) is 5.52. The van der Waals surface area contributed by atoms with Crippen LogP contribution in [0, 0.1) is 5.82 Å². The molecule has 2 aromatic rings. The summed E-state index contributed by atoms with van der Waals surface area (Å²) in [6.07, 6.45) is 1.05. The number of hydrogen-bond donors (Lipinski definition) is 1. The Balaban J connectivity index is 2.18. The van der Waals surface area contributed by atoms with Crippen molar-refractivity contribution in [3.8, 4) is 0 Å². The predicted octanol–water partition coefficient (Wildman–Crippen LogP) is 1.54. The lowest BCUT2D eigenvalue weighted by molar-refractivity contribution is 0.0897. The second-order valence-corrected chi connectivity index (χ2v) is 3.79. The fourth-order valence-corrected chi connectivity index (χ4v) is 1.46. The number of nitrogens with two attached hydrogens (primary N) is 1. The number of carbonyl (C=O) groups is 1. The van der Waals surface area contributed by atoms with Crippen LogP contribution in [0.25, 0.3) is 0 Å². The number of benzene rings is 1. The van der Waals surface area contributed by atoms with Crippen LogP contribution in [-0.4, -0.2) is 20.7 Å². The fourth-order valence-electron chi connectivity index (χ4n) is 1.30. The molecule has 0 radical (unpaired) electrons. The van der Waals surface area contributed by atoms with Crippen LogP contribution in [0.3, 0.4) is 0 Å². The Bertz CT molecular complexity index is 569. The van der Waals surface area contributed by atoms with Crippen molar-refractivity contribution in [3.05, 3.63) is 40.9 Å². The van der Waals surface area contributed by atoms with Crippen molar-refractivity contribution >= 4 is 23.5 Å². The Morgan fingerprint density at radius 1 is 1.53 bits per heavy atom. The predicted molar refractivity (Wildman–Crippen MR) is 60.2 cm³/mol. The molecule has 0 fully saturated rings. The highest BCUT2D eigenvalue weighted by molar-refractivity contribution is 6.30. The van der Waals surface area contributed by atoms with Crippen molar-refractivity contribution in [2.24, 2.45) is 0 Å². The maximum Gasteiger partial charge on any atom is 0.252 e. The maximum atomic E-state index is 13.4. The van der Waals surface area contributed by atoms with Crippen LogP contribution in [-0.2, 0) is 6.42 Å². The van der Waals surface area contributed by atoms with Crippen LogP contribution in [0.15, 0.2) is 24.5 Å². The first-order chi connectivity index (χ1) is 8.06. The highest BCUT2D eigenvalue weighted by atomic mass is 35.5. The van der Waals surface area contributed by atoms with Crippen LogP contribution < -0.4 is 5.73 Å². The Morgan fingerprint density at radius 2 is 2.29 bits per heavy atom. The molecule has 0 bridgehead atoms. The number of nitrogen functional groups attached to an aromatic ring is 1. The summed E-state index contributed by atoms with van der Waals surface area (Å²) in [5.74, 6) is -0.954. The lowest BCUT2D eigenvalue weighted by atomic mass is 10.1. The molecule has 7 heteroatoms. The van der Waals surface area contributed by atoms with Crippen LogP contribution in [0.4, 0.5) is 10.3 Å². The summed E-state index contributed by atoms with van der Waals surface area (Å²) in [4.78, 5) is 15.3. The highest BCUT2D eigenvalue weighted by Gasteiger charge is 2.11. The van der Waals surface area contributed by atoms with Gasteiger partial charge in [-0.3, -0.25) is 4.79 Å². The maximum absolute atomic E-state index is 13.4. The number of rotatable bonds is 2. The number of nitrogens with zero attached hydrogens (tertiary/aromatic N) is 3. The van der Waals surface area contributed by atoms with E-state index >= 15 is 0 Å². The Labute approximate surface area is 101 Å². The van der Waals surface area contributed by atoms with E-state index < -0.39 is 11.7 Å². The molecule has 17 heavy (non-hydrogen) atoms. The van der Waals surface area contributed by atoms with E-state index in [1.54, 1.807) is 0 Å². The molecule has 88 valence electrons. The molecule has 0 spiro atoms. The van der Waals surface area contributed by atoms with E-state index in [1.165, 1.54) is 18.5 Å². The van der Waals surface area contributed by atoms with Crippen molar-refractivity contribution in [3.63, 3.8) is 0 Å². The van der Waals surface area contributed by atoms with E-state index in [0.717, 1.165) is 10.7 Å². The lowest BCUT2D eigenvalue weighted by Gasteiger charge is -2.02. The SMILES string of the molecule is Nc1ncn(C(=O)Cc2ccc(Cl)cc2F)n1. The summed E-state index contributed by atoms with van der Waals surface area (Å²) < 4.78 is 14.4. The monoisotopic (exact) mass is 254 g/mol. The Kier molecular flexibility index (Phi) is 3.06. The zero-order valence-electron chi connectivity index (χ0n) is 8.60. The second-order valence-electron chi connectivity index (χ2n) is 3.35. The van der Waals surface area contributed by atoms with Gasteiger partial charge in [-0.15, -0.1) is 5.10 Å². The second kappa shape index (κ2) is 4.50. The van der Waals surface area contributed by atoms with Gasteiger partial charge in [-0.25, -0.2) is 9.37 Å². The molecule has 0 saturated heterocycles. The summed E-state index contributed by atoms with van der Waals surface area (Å²) >= 11 is 5.60. The third-order valence-corrected chi connectivity index (χ3v) is 2.36.